The van der Waals surface area contributed by atoms with Gasteiger partial charge in [0.05, 0.1) is 63.7 Å². The molecule has 2 saturated heterocycles. The summed E-state index contributed by atoms with van der Waals surface area (Å²) in [4.78, 5) is 32.9. The third-order valence-electron chi connectivity index (χ3n) is 9.84. The van der Waals surface area contributed by atoms with Gasteiger partial charge in [-0.25, -0.2) is 9.59 Å². The Bertz CT molecular complexity index is 2040. The van der Waals surface area contributed by atoms with E-state index in [2.05, 4.69) is 23.8 Å². The first-order chi connectivity index (χ1) is 26.8. The number of ether oxygens (including phenoxy) is 8. The Morgan fingerprint density at radius 3 is 1.85 bits per heavy atom. The van der Waals surface area contributed by atoms with Gasteiger partial charge in [0.1, 0.15) is 43.5 Å². The number of phenolic OH excluding ortho intramolecular Hbond substituents is 1. The maximum atomic E-state index is 12.5. The van der Waals surface area contributed by atoms with E-state index in [0.29, 0.717) is 91.5 Å². The summed E-state index contributed by atoms with van der Waals surface area (Å²) in [6.45, 7) is 10.2. The molecule has 15 heteroatoms. The van der Waals surface area contributed by atoms with E-state index in [1.54, 1.807) is 27.3 Å². The lowest BCUT2D eigenvalue weighted by molar-refractivity contribution is -0.102. The van der Waals surface area contributed by atoms with E-state index >= 15 is 0 Å². The van der Waals surface area contributed by atoms with E-state index in [-0.39, 0.29) is 41.3 Å². The first kappa shape index (κ1) is 38.5. The summed E-state index contributed by atoms with van der Waals surface area (Å²) in [6, 6.07) is 14.7. The summed E-state index contributed by atoms with van der Waals surface area (Å²) >= 11 is 0. The summed E-state index contributed by atoms with van der Waals surface area (Å²) < 4.78 is 48.1. The van der Waals surface area contributed by atoms with Crippen LogP contribution in [-0.2, 0) is 49.6 Å². The Kier molecular flexibility index (Phi) is 12.7. The number of nitrogens with zero attached hydrogens (tertiary/aromatic N) is 4. The van der Waals surface area contributed by atoms with Gasteiger partial charge in [-0.05, 0) is 73.7 Å². The number of phenols is 1. The first-order valence-electron chi connectivity index (χ1n) is 18.9. The summed E-state index contributed by atoms with van der Waals surface area (Å²) in [5.41, 5.74) is 4.99. The van der Waals surface area contributed by atoms with Gasteiger partial charge in [0.25, 0.3) is 0 Å². The fourth-order valence-corrected chi connectivity index (χ4v) is 6.76. The quantitative estimate of drug-likeness (QED) is 0.209. The number of aromatic hydroxyl groups is 1. The zero-order valence-electron chi connectivity index (χ0n) is 31.3. The van der Waals surface area contributed by atoms with Crippen LogP contribution in [0.3, 0.4) is 0 Å². The molecule has 1 N–H and O–H groups in total. The minimum Gasteiger partial charge on any atom is -0.508 e. The van der Waals surface area contributed by atoms with Crippen molar-refractivity contribution in [2.75, 3.05) is 66.1 Å². The fraction of sp³-hybridized carbons (Fsp3) is 0.500. The number of benzene rings is 2. The third kappa shape index (κ3) is 9.72. The molecule has 4 aliphatic rings. The molecule has 1 unspecified atom stereocenters. The van der Waals surface area contributed by atoms with Crippen LogP contribution in [-0.4, -0.2) is 109 Å². The molecule has 0 amide bonds. The molecule has 15 nitrogen and oxygen atoms in total. The van der Waals surface area contributed by atoms with Crippen LogP contribution >= 0.6 is 0 Å². The topological polar surface area (TPSA) is 164 Å². The molecule has 4 aliphatic heterocycles. The lowest BCUT2D eigenvalue weighted by Gasteiger charge is -2.24. The number of fused-ring (bicyclic) bond motifs is 6. The van der Waals surface area contributed by atoms with Crippen LogP contribution in [0.1, 0.15) is 31.4 Å². The smallest absolute Gasteiger partial charge is 0.351 e. The van der Waals surface area contributed by atoms with Crippen molar-refractivity contribution in [1.82, 2.24) is 19.1 Å². The summed E-state index contributed by atoms with van der Waals surface area (Å²) in [5.74, 6) is 1.62. The molecule has 4 aromatic rings. The Balaban J connectivity index is 0.000000174. The first-order valence-corrected chi connectivity index (χ1v) is 18.9. The second-order valence-corrected chi connectivity index (χ2v) is 13.7. The van der Waals surface area contributed by atoms with E-state index < -0.39 is 0 Å². The molecule has 0 spiro atoms. The molecule has 8 rings (SSSR count). The monoisotopic (exact) mass is 760 g/mol. The molecule has 0 aliphatic carbocycles. The van der Waals surface area contributed by atoms with E-state index in [1.165, 1.54) is 0 Å². The van der Waals surface area contributed by atoms with Crippen molar-refractivity contribution >= 4 is 0 Å². The molecular weight excluding hydrogens is 712 g/mol. The van der Waals surface area contributed by atoms with Crippen LogP contribution in [0, 0.1) is 0 Å². The molecular formula is C40H48N4O11. The lowest BCUT2D eigenvalue weighted by Crippen LogP contribution is -2.34. The average Bonchev–Trinajstić information content (AvgIpc) is 3.21. The maximum absolute atomic E-state index is 12.5. The molecule has 2 aromatic heterocycles. The molecule has 0 radical (unpaired) electrons. The van der Waals surface area contributed by atoms with Crippen LogP contribution in [0.15, 0.2) is 58.1 Å². The number of rotatable bonds is 12. The Hall–Kier alpha value is -4.80. The Labute approximate surface area is 318 Å². The van der Waals surface area contributed by atoms with Crippen molar-refractivity contribution in [2.45, 2.75) is 64.5 Å². The van der Waals surface area contributed by atoms with Crippen molar-refractivity contribution in [3.63, 3.8) is 0 Å². The molecule has 6 heterocycles. The largest absolute Gasteiger partial charge is 0.508 e. The fourth-order valence-electron chi connectivity index (χ4n) is 6.76. The van der Waals surface area contributed by atoms with Crippen molar-refractivity contribution in [3.05, 3.63) is 80.6 Å². The highest BCUT2D eigenvalue weighted by atomic mass is 16.6. The Morgan fingerprint density at radius 2 is 1.31 bits per heavy atom. The number of hydrogen-bond acceptors (Lipinski definition) is 13. The predicted octanol–water partition coefficient (Wildman–Crippen LogP) is 3.42. The van der Waals surface area contributed by atoms with Crippen molar-refractivity contribution in [2.24, 2.45) is 0 Å². The highest BCUT2D eigenvalue weighted by molar-refractivity contribution is 5.68. The molecule has 2 aromatic carbocycles. The Morgan fingerprint density at radius 1 is 0.745 bits per heavy atom. The maximum Gasteiger partial charge on any atom is 0.351 e. The van der Waals surface area contributed by atoms with Gasteiger partial charge >= 0.3 is 11.4 Å². The molecule has 3 atom stereocenters. The molecule has 0 bridgehead atoms. The van der Waals surface area contributed by atoms with Crippen LogP contribution in [0.25, 0.3) is 22.5 Å². The molecule has 55 heavy (non-hydrogen) atoms. The zero-order chi connectivity index (χ0) is 38.1. The van der Waals surface area contributed by atoms with Gasteiger partial charge in [-0.3, -0.25) is 9.13 Å². The van der Waals surface area contributed by atoms with Gasteiger partial charge in [-0.1, -0.05) is 6.92 Å². The number of aryl methyl sites for hydroxylation is 2. The number of hydrogen-bond donors (Lipinski definition) is 1. The zero-order valence-corrected chi connectivity index (χ0v) is 31.3. The molecule has 294 valence electrons. The molecule has 0 saturated carbocycles. The highest BCUT2D eigenvalue weighted by Crippen LogP contribution is 2.33. The highest BCUT2D eigenvalue weighted by Gasteiger charge is 2.23. The summed E-state index contributed by atoms with van der Waals surface area (Å²) in [7, 11) is 0. The van der Waals surface area contributed by atoms with Crippen LogP contribution in [0.4, 0.5) is 0 Å². The van der Waals surface area contributed by atoms with Gasteiger partial charge in [0.15, 0.2) is 0 Å². The second kappa shape index (κ2) is 18.2. The van der Waals surface area contributed by atoms with Crippen molar-refractivity contribution in [1.29, 1.82) is 0 Å². The van der Waals surface area contributed by atoms with Gasteiger partial charge in [-0.15, -0.1) is 0 Å². The van der Waals surface area contributed by atoms with E-state index in [0.717, 1.165) is 52.2 Å². The predicted molar refractivity (Wildman–Crippen MR) is 200 cm³/mol. The van der Waals surface area contributed by atoms with Crippen molar-refractivity contribution < 1.29 is 43.0 Å². The third-order valence-corrected chi connectivity index (χ3v) is 9.84. The average molecular weight is 761 g/mol. The standard InChI is InChI=1S/C23H30N2O6.C17H18N2O5/c1-3-16(2)28-10-11-29-18-4-5-20-17(12-18)6-7-25-21(20)13-22(24-23(25)26)31-15-19-14-27-8-9-30-19;20-12-1-2-14-11(7-12)3-4-19-15(14)8-16(18-17(19)21)24-10-13-9-22-5-6-23-13/h4-5,12-13,16,19H,3,6-11,14-15H2,1-2H3;1-2,7-8,13,20H,3-6,9-10H2/t16?,19-;13-/m11/s1. The van der Waals surface area contributed by atoms with E-state index in [1.807, 2.05) is 30.3 Å². The van der Waals surface area contributed by atoms with E-state index in [4.69, 9.17) is 37.9 Å². The minimum atomic E-state index is -0.331. The normalized spacial score (nSPS) is 19.0. The lowest BCUT2D eigenvalue weighted by atomic mass is 9.97. The summed E-state index contributed by atoms with van der Waals surface area (Å²) in [5, 5.41) is 9.64. The van der Waals surface area contributed by atoms with Gasteiger partial charge in [-0.2, -0.15) is 9.97 Å². The van der Waals surface area contributed by atoms with Crippen molar-refractivity contribution in [3.8, 4) is 45.8 Å². The second-order valence-electron chi connectivity index (χ2n) is 13.7. The van der Waals surface area contributed by atoms with Gasteiger partial charge < -0.3 is 43.0 Å². The molecule has 2 fully saturated rings. The van der Waals surface area contributed by atoms with Gasteiger partial charge in [0, 0.05) is 36.3 Å². The minimum absolute atomic E-state index is 0.148. The van der Waals surface area contributed by atoms with Crippen LogP contribution < -0.4 is 25.6 Å². The number of aromatic nitrogens is 4. The van der Waals surface area contributed by atoms with Gasteiger partial charge in [0.2, 0.25) is 11.8 Å². The van der Waals surface area contributed by atoms with E-state index in [9.17, 15) is 14.7 Å². The summed E-state index contributed by atoms with van der Waals surface area (Å²) in [6.07, 6.45) is 2.36. The SMILES string of the molecule is CCC(C)OCCOc1ccc2c(c1)CCn1c-2cc(OC[C@H]2COCCO2)nc1=O.O=c1nc(OC[C@H]2COCCO2)cc2n1CCc1cc(O)ccc1-2. The van der Waals surface area contributed by atoms with Crippen LogP contribution in [0.5, 0.6) is 23.3 Å². The van der Waals surface area contributed by atoms with Crippen LogP contribution in [0.2, 0.25) is 0 Å².